The van der Waals surface area contributed by atoms with E-state index in [1.807, 2.05) is 0 Å². The highest BCUT2D eigenvalue weighted by Gasteiger charge is 2.29. The van der Waals surface area contributed by atoms with Crippen molar-refractivity contribution in [2.75, 3.05) is 13.7 Å². The molecular weight excluding hydrogens is 385 g/mol. The molecule has 30 heavy (non-hydrogen) atoms. The number of halogens is 1. The summed E-state index contributed by atoms with van der Waals surface area (Å²) in [5.41, 5.74) is 3.95. The number of ether oxygens (including phenoxy) is 1. The van der Waals surface area contributed by atoms with E-state index in [2.05, 4.69) is 29.6 Å². The van der Waals surface area contributed by atoms with Crippen molar-refractivity contribution in [1.29, 1.82) is 0 Å². The number of aryl methyl sites for hydroxylation is 1. The maximum absolute atomic E-state index is 13.3. The van der Waals surface area contributed by atoms with Gasteiger partial charge in [-0.3, -0.25) is 10.0 Å². The molecule has 2 aromatic heterocycles. The molecule has 0 fully saturated rings. The molecule has 0 unspecified atom stereocenters. The summed E-state index contributed by atoms with van der Waals surface area (Å²) in [7, 11) is 1.71. The smallest absolute Gasteiger partial charge is 0.296 e. The van der Waals surface area contributed by atoms with Crippen molar-refractivity contribution in [2.45, 2.75) is 45.3 Å². The van der Waals surface area contributed by atoms with E-state index in [0.29, 0.717) is 18.7 Å². The first-order valence-electron chi connectivity index (χ1n) is 10.1. The minimum Gasteiger partial charge on any atom is -0.379 e. The van der Waals surface area contributed by atoms with Crippen molar-refractivity contribution in [3.8, 4) is 0 Å². The summed E-state index contributed by atoms with van der Waals surface area (Å²) in [6, 6.07) is 6.46. The number of hydroxylamine groups is 2. The first kappa shape index (κ1) is 20.5. The molecule has 0 atom stereocenters. The van der Waals surface area contributed by atoms with Gasteiger partial charge >= 0.3 is 0 Å². The number of amides is 1. The normalized spacial score (nSPS) is 14.4. The monoisotopic (exact) mass is 411 g/mol. The SMILES string of the molecule is COC(C)(C)CCc1cn(Cc2ccc(F)cc2)c2cnc3c(c12)CCN(O)C3=O. The van der Waals surface area contributed by atoms with Gasteiger partial charge in [0.1, 0.15) is 11.5 Å². The molecule has 0 bridgehead atoms. The Morgan fingerprint density at radius 1 is 1.27 bits per heavy atom. The summed E-state index contributed by atoms with van der Waals surface area (Å²) >= 11 is 0. The lowest BCUT2D eigenvalue weighted by Gasteiger charge is -2.24. The van der Waals surface area contributed by atoms with Crippen LogP contribution in [0.5, 0.6) is 0 Å². The molecule has 1 aliphatic heterocycles. The van der Waals surface area contributed by atoms with Gasteiger partial charge in [-0.05, 0) is 61.9 Å². The number of nitrogens with zero attached hydrogens (tertiary/aromatic N) is 3. The number of methoxy groups -OCH3 is 1. The largest absolute Gasteiger partial charge is 0.379 e. The molecule has 1 aromatic carbocycles. The number of benzene rings is 1. The first-order chi connectivity index (χ1) is 14.3. The van der Waals surface area contributed by atoms with Gasteiger partial charge in [0.15, 0.2) is 0 Å². The highest BCUT2D eigenvalue weighted by Crippen LogP contribution is 2.32. The summed E-state index contributed by atoms with van der Waals surface area (Å²) in [6.45, 7) is 4.92. The summed E-state index contributed by atoms with van der Waals surface area (Å²) in [5.74, 6) is -0.728. The molecule has 4 rings (SSSR count). The lowest BCUT2D eigenvalue weighted by Crippen LogP contribution is -2.35. The predicted molar refractivity (Wildman–Crippen MR) is 111 cm³/mol. The number of rotatable bonds is 6. The zero-order valence-electron chi connectivity index (χ0n) is 17.5. The van der Waals surface area contributed by atoms with Crippen molar-refractivity contribution in [1.82, 2.24) is 14.6 Å². The van der Waals surface area contributed by atoms with Crippen LogP contribution in [-0.4, -0.2) is 45.0 Å². The van der Waals surface area contributed by atoms with Gasteiger partial charge in [0, 0.05) is 25.2 Å². The highest BCUT2D eigenvalue weighted by atomic mass is 19.1. The van der Waals surface area contributed by atoms with E-state index in [4.69, 9.17) is 4.74 Å². The van der Waals surface area contributed by atoms with Gasteiger partial charge in [0.05, 0.1) is 23.9 Å². The lowest BCUT2D eigenvalue weighted by atomic mass is 9.94. The van der Waals surface area contributed by atoms with Crippen molar-refractivity contribution >= 4 is 16.8 Å². The molecule has 3 heterocycles. The third-order valence-corrected chi connectivity index (χ3v) is 5.93. The number of fused-ring (bicyclic) bond motifs is 3. The Morgan fingerprint density at radius 2 is 2.00 bits per heavy atom. The lowest BCUT2D eigenvalue weighted by molar-refractivity contribution is -0.0606. The van der Waals surface area contributed by atoms with Crippen LogP contribution in [0.4, 0.5) is 4.39 Å². The molecule has 6 nitrogen and oxygen atoms in total. The third-order valence-electron chi connectivity index (χ3n) is 5.93. The average Bonchev–Trinajstić information content (AvgIpc) is 3.09. The van der Waals surface area contributed by atoms with E-state index in [1.165, 1.54) is 12.1 Å². The molecule has 1 N–H and O–H groups in total. The number of pyridine rings is 1. The Hall–Kier alpha value is -2.77. The van der Waals surface area contributed by atoms with Crippen molar-refractivity contribution < 1.29 is 19.1 Å². The summed E-state index contributed by atoms with van der Waals surface area (Å²) in [4.78, 5) is 16.8. The fourth-order valence-corrected chi connectivity index (χ4v) is 3.95. The van der Waals surface area contributed by atoms with Gasteiger partial charge in [0.2, 0.25) is 0 Å². The van der Waals surface area contributed by atoms with Crippen molar-refractivity contribution in [3.05, 3.63) is 64.9 Å². The Bertz CT molecular complexity index is 1090. The van der Waals surface area contributed by atoms with Crippen molar-refractivity contribution in [2.24, 2.45) is 0 Å². The molecule has 0 spiro atoms. The number of carbonyl (C=O) groups excluding carboxylic acids is 1. The van der Waals surface area contributed by atoms with Gasteiger partial charge < -0.3 is 9.30 Å². The molecule has 0 aliphatic carbocycles. The minimum atomic E-state index is -0.465. The van der Waals surface area contributed by atoms with Crippen LogP contribution in [0.15, 0.2) is 36.7 Å². The molecule has 0 radical (unpaired) electrons. The van der Waals surface area contributed by atoms with Gasteiger partial charge in [-0.1, -0.05) is 12.1 Å². The van der Waals surface area contributed by atoms with Crippen LogP contribution in [0.3, 0.4) is 0 Å². The number of hydrogen-bond acceptors (Lipinski definition) is 4. The second-order valence-corrected chi connectivity index (χ2v) is 8.40. The fourth-order valence-electron chi connectivity index (χ4n) is 3.95. The van der Waals surface area contributed by atoms with E-state index < -0.39 is 5.91 Å². The third kappa shape index (κ3) is 3.82. The minimum absolute atomic E-state index is 0.249. The zero-order chi connectivity index (χ0) is 21.5. The zero-order valence-corrected chi connectivity index (χ0v) is 17.5. The maximum Gasteiger partial charge on any atom is 0.296 e. The Kier molecular flexibility index (Phi) is 5.34. The summed E-state index contributed by atoms with van der Waals surface area (Å²) in [5, 5.41) is 11.6. The molecule has 158 valence electrons. The highest BCUT2D eigenvalue weighted by molar-refractivity contribution is 6.00. The molecular formula is C23H26FN3O3. The van der Waals surface area contributed by atoms with Gasteiger partial charge in [-0.15, -0.1) is 0 Å². The number of carbonyl (C=O) groups is 1. The molecule has 3 aromatic rings. The van der Waals surface area contributed by atoms with E-state index >= 15 is 0 Å². The molecule has 1 aliphatic rings. The van der Waals surface area contributed by atoms with E-state index in [1.54, 1.807) is 25.4 Å². The number of hydrogen-bond donors (Lipinski definition) is 1. The van der Waals surface area contributed by atoms with Gasteiger partial charge in [0.25, 0.3) is 5.91 Å². The fraction of sp³-hybridized carbons (Fsp3) is 0.391. The topological polar surface area (TPSA) is 67.6 Å². The Labute approximate surface area is 174 Å². The van der Waals surface area contributed by atoms with Crippen LogP contribution in [0.2, 0.25) is 0 Å². The Balaban J connectivity index is 1.80. The number of aromatic nitrogens is 2. The van der Waals surface area contributed by atoms with Crippen LogP contribution < -0.4 is 0 Å². The van der Waals surface area contributed by atoms with Crippen LogP contribution in [0, 0.1) is 5.82 Å². The standard InChI is InChI=1S/C23H26FN3O3/c1-23(2,30-3)10-8-16-14-26(13-15-4-6-17(24)7-5-15)19-12-25-21-18(20(16)19)9-11-27(29)22(21)28/h4-7,12,14,29H,8-11,13H2,1-3H3. The van der Waals surface area contributed by atoms with Gasteiger partial charge in [-0.2, -0.15) is 0 Å². The predicted octanol–water partition coefficient (Wildman–Crippen LogP) is 3.97. The molecule has 0 saturated carbocycles. The maximum atomic E-state index is 13.3. The average molecular weight is 411 g/mol. The first-order valence-corrected chi connectivity index (χ1v) is 10.1. The van der Waals surface area contributed by atoms with E-state index in [0.717, 1.165) is 45.5 Å². The second kappa shape index (κ2) is 7.81. The quantitative estimate of drug-likeness (QED) is 0.624. The van der Waals surface area contributed by atoms with Crippen LogP contribution in [0.25, 0.3) is 10.9 Å². The Morgan fingerprint density at radius 3 is 2.70 bits per heavy atom. The summed E-state index contributed by atoms with van der Waals surface area (Å²) in [6.07, 6.45) is 5.93. The second-order valence-electron chi connectivity index (χ2n) is 8.40. The molecule has 1 amide bonds. The van der Waals surface area contributed by atoms with Crippen LogP contribution in [0.1, 0.15) is 47.4 Å². The van der Waals surface area contributed by atoms with Gasteiger partial charge in [-0.25, -0.2) is 14.4 Å². The van der Waals surface area contributed by atoms with Crippen LogP contribution in [-0.2, 0) is 24.1 Å². The summed E-state index contributed by atoms with van der Waals surface area (Å²) < 4.78 is 21.0. The van der Waals surface area contributed by atoms with Crippen molar-refractivity contribution in [3.63, 3.8) is 0 Å². The van der Waals surface area contributed by atoms with E-state index in [-0.39, 0.29) is 18.0 Å². The van der Waals surface area contributed by atoms with E-state index in [9.17, 15) is 14.4 Å². The molecule has 0 saturated heterocycles. The van der Waals surface area contributed by atoms with Crippen LogP contribution >= 0.6 is 0 Å². The molecule has 7 heteroatoms.